The third-order valence-corrected chi connectivity index (χ3v) is 6.08. The fourth-order valence-corrected chi connectivity index (χ4v) is 4.02. The van der Waals surface area contributed by atoms with Crippen molar-refractivity contribution >= 4 is 17.7 Å². The first-order chi connectivity index (χ1) is 16.5. The van der Waals surface area contributed by atoms with Crippen molar-refractivity contribution in [3.05, 3.63) is 71.7 Å². The number of ether oxygens (including phenoxy) is 1. The van der Waals surface area contributed by atoms with Gasteiger partial charge in [0.25, 0.3) is 0 Å². The second kappa shape index (κ2) is 9.44. The Morgan fingerprint density at radius 3 is 2.76 bits per heavy atom. The van der Waals surface area contributed by atoms with Crippen molar-refractivity contribution in [2.45, 2.75) is 31.5 Å². The SMILES string of the molecule is COC1CN(Cc2ccc(NC(=O)/C=C/c3cncc(F)c3-c3ccn(C4CC4)n3)c(F)c2)C1. The number of likely N-dealkylation sites (tertiary alicyclic amines) is 1. The van der Waals surface area contributed by atoms with Gasteiger partial charge in [-0.3, -0.25) is 19.4 Å². The summed E-state index contributed by atoms with van der Waals surface area (Å²) in [5.74, 6) is -1.57. The summed E-state index contributed by atoms with van der Waals surface area (Å²) in [6.45, 7) is 2.26. The number of nitrogens with one attached hydrogen (secondary N) is 1. The molecule has 1 N–H and O–H groups in total. The minimum Gasteiger partial charge on any atom is -0.379 e. The molecule has 1 aromatic carbocycles. The molecule has 1 aliphatic carbocycles. The number of hydrogen-bond acceptors (Lipinski definition) is 5. The fraction of sp³-hybridized carbons (Fsp3) is 0.320. The van der Waals surface area contributed by atoms with Crippen LogP contribution in [0.5, 0.6) is 0 Å². The maximum absolute atomic E-state index is 14.6. The van der Waals surface area contributed by atoms with Crippen LogP contribution in [0.1, 0.15) is 30.0 Å². The van der Waals surface area contributed by atoms with Crippen molar-refractivity contribution in [3.63, 3.8) is 0 Å². The van der Waals surface area contributed by atoms with Crippen molar-refractivity contribution in [3.8, 4) is 11.3 Å². The van der Waals surface area contributed by atoms with Crippen LogP contribution >= 0.6 is 0 Å². The summed E-state index contributed by atoms with van der Waals surface area (Å²) in [4.78, 5) is 18.5. The van der Waals surface area contributed by atoms with E-state index in [0.717, 1.165) is 37.7 Å². The average molecular weight is 466 g/mol. The molecule has 1 aliphatic heterocycles. The van der Waals surface area contributed by atoms with Crippen molar-refractivity contribution in [2.75, 3.05) is 25.5 Å². The van der Waals surface area contributed by atoms with E-state index in [9.17, 15) is 13.6 Å². The molecule has 2 aromatic heterocycles. The number of benzene rings is 1. The van der Waals surface area contributed by atoms with Crippen molar-refractivity contribution in [2.24, 2.45) is 0 Å². The standard InChI is InChI=1S/C25H25F2N5O2/c1-34-19-14-31(15-19)13-16-2-6-22(20(26)10-16)29-24(33)7-3-17-11-28-12-21(27)25(17)23-8-9-32(30-23)18-4-5-18/h2-3,6-12,18-19H,4-5,13-15H2,1H3,(H,29,33)/b7-3+. The lowest BCUT2D eigenvalue weighted by Gasteiger charge is -2.38. The van der Waals surface area contributed by atoms with Gasteiger partial charge in [0.15, 0.2) is 5.82 Å². The van der Waals surface area contributed by atoms with E-state index in [1.54, 1.807) is 25.3 Å². The molecule has 0 spiro atoms. The number of amides is 1. The lowest BCUT2D eigenvalue weighted by molar-refractivity contribution is -0.111. The highest BCUT2D eigenvalue weighted by atomic mass is 19.1. The van der Waals surface area contributed by atoms with Gasteiger partial charge in [-0.1, -0.05) is 6.07 Å². The zero-order chi connectivity index (χ0) is 23.7. The number of rotatable bonds is 8. The number of methoxy groups -OCH3 is 1. The van der Waals surface area contributed by atoms with Gasteiger partial charge in [0.1, 0.15) is 5.82 Å². The highest BCUT2D eigenvalue weighted by Gasteiger charge is 2.26. The number of halogens is 2. The predicted molar refractivity (Wildman–Crippen MR) is 124 cm³/mol. The van der Waals surface area contributed by atoms with Crippen LogP contribution in [-0.4, -0.2) is 51.9 Å². The summed E-state index contributed by atoms with van der Waals surface area (Å²) in [5, 5.41) is 7.01. The van der Waals surface area contributed by atoms with Gasteiger partial charge in [-0.15, -0.1) is 0 Å². The van der Waals surface area contributed by atoms with Crippen LogP contribution in [0.25, 0.3) is 17.3 Å². The smallest absolute Gasteiger partial charge is 0.248 e. The van der Waals surface area contributed by atoms with Crippen molar-refractivity contribution in [1.82, 2.24) is 19.7 Å². The van der Waals surface area contributed by atoms with E-state index in [-0.39, 0.29) is 17.4 Å². The quantitative estimate of drug-likeness (QED) is 0.509. The molecule has 7 nitrogen and oxygen atoms in total. The van der Waals surface area contributed by atoms with Gasteiger partial charge < -0.3 is 10.1 Å². The first-order valence-electron chi connectivity index (χ1n) is 11.2. The molecular formula is C25H25F2N5O2. The molecule has 34 heavy (non-hydrogen) atoms. The van der Waals surface area contributed by atoms with E-state index in [0.29, 0.717) is 23.8 Å². The fourth-order valence-electron chi connectivity index (χ4n) is 4.02. The molecule has 9 heteroatoms. The minimum atomic E-state index is -0.531. The third kappa shape index (κ3) is 4.90. The van der Waals surface area contributed by atoms with Gasteiger partial charge in [-0.05, 0) is 42.7 Å². The molecule has 0 radical (unpaired) electrons. The molecule has 3 aromatic rings. The first-order valence-corrected chi connectivity index (χ1v) is 11.2. The largest absolute Gasteiger partial charge is 0.379 e. The Balaban J connectivity index is 1.25. The van der Waals surface area contributed by atoms with E-state index >= 15 is 0 Å². The Labute approximate surface area is 196 Å². The van der Waals surface area contributed by atoms with Crippen LogP contribution in [0.3, 0.4) is 0 Å². The number of anilines is 1. The average Bonchev–Trinajstić information content (AvgIpc) is 3.53. The van der Waals surface area contributed by atoms with Crippen molar-refractivity contribution < 1.29 is 18.3 Å². The number of hydrogen-bond donors (Lipinski definition) is 1. The topological polar surface area (TPSA) is 72.3 Å². The summed E-state index contributed by atoms with van der Waals surface area (Å²) < 4.78 is 36.2. The number of aromatic nitrogens is 3. The van der Waals surface area contributed by atoms with Gasteiger partial charge >= 0.3 is 0 Å². The molecule has 1 saturated carbocycles. The molecule has 176 valence electrons. The number of carbonyl (C=O) groups excluding carboxylic acids is 1. The molecule has 5 rings (SSSR count). The Morgan fingerprint density at radius 1 is 1.21 bits per heavy atom. The summed E-state index contributed by atoms with van der Waals surface area (Å²) in [5.41, 5.74) is 2.07. The van der Waals surface area contributed by atoms with Gasteiger partial charge in [-0.2, -0.15) is 5.10 Å². The molecule has 0 bridgehead atoms. The Kier molecular flexibility index (Phi) is 6.21. The zero-order valence-electron chi connectivity index (χ0n) is 18.7. The highest BCUT2D eigenvalue weighted by Crippen LogP contribution is 2.35. The van der Waals surface area contributed by atoms with Crippen LogP contribution in [0, 0.1) is 11.6 Å². The Hall–Kier alpha value is -3.43. The number of pyridine rings is 1. The van der Waals surface area contributed by atoms with Gasteiger partial charge in [0.05, 0.1) is 29.7 Å². The molecule has 1 amide bonds. The summed E-state index contributed by atoms with van der Waals surface area (Å²) in [7, 11) is 1.68. The second-order valence-corrected chi connectivity index (χ2v) is 8.69. The molecule has 2 aliphatic rings. The second-order valence-electron chi connectivity index (χ2n) is 8.69. The van der Waals surface area contributed by atoms with Gasteiger partial charge in [0.2, 0.25) is 5.91 Å². The zero-order valence-corrected chi connectivity index (χ0v) is 18.7. The molecular weight excluding hydrogens is 440 g/mol. The number of carbonyl (C=O) groups is 1. The third-order valence-electron chi connectivity index (χ3n) is 6.08. The van der Waals surface area contributed by atoms with E-state index in [1.807, 2.05) is 10.9 Å². The van der Waals surface area contributed by atoms with Crippen LogP contribution < -0.4 is 5.32 Å². The van der Waals surface area contributed by atoms with Crippen molar-refractivity contribution in [1.29, 1.82) is 0 Å². The maximum Gasteiger partial charge on any atom is 0.248 e. The molecule has 3 heterocycles. The molecule has 0 unspecified atom stereocenters. The summed E-state index contributed by atoms with van der Waals surface area (Å²) in [6, 6.07) is 6.87. The van der Waals surface area contributed by atoms with E-state index in [4.69, 9.17) is 4.74 Å². The van der Waals surface area contributed by atoms with E-state index in [1.165, 1.54) is 24.4 Å². The van der Waals surface area contributed by atoms with Crippen LogP contribution in [0.15, 0.2) is 48.9 Å². The van der Waals surface area contributed by atoms with Crippen LogP contribution in [0.2, 0.25) is 0 Å². The normalized spacial score (nSPS) is 16.7. The van der Waals surface area contributed by atoms with Crippen LogP contribution in [-0.2, 0) is 16.1 Å². The Bertz CT molecular complexity index is 1230. The van der Waals surface area contributed by atoms with E-state index < -0.39 is 17.5 Å². The van der Waals surface area contributed by atoms with Gasteiger partial charge in [0, 0.05) is 56.3 Å². The maximum atomic E-state index is 14.6. The molecule has 2 fully saturated rings. The Morgan fingerprint density at radius 2 is 2.03 bits per heavy atom. The summed E-state index contributed by atoms with van der Waals surface area (Å²) >= 11 is 0. The molecule has 0 atom stereocenters. The lowest BCUT2D eigenvalue weighted by atomic mass is 10.1. The minimum absolute atomic E-state index is 0.0811. The van der Waals surface area contributed by atoms with Gasteiger partial charge in [-0.25, -0.2) is 8.78 Å². The monoisotopic (exact) mass is 465 g/mol. The first kappa shape index (κ1) is 22.4. The lowest BCUT2D eigenvalue weighted by Crippen LogP contribution is -2.50. The highest BCUT2D eigenvalue weighted by molar-refractivity contribution is 6.02. The van der Waals surface area contributed by atoms with Crippen LogP contribution in [0.4, 0.5) is 14.5 Å². The number of nitrogens with zero attached hydrogens (tertiary/aromatic N) is 4. The van der Waals surface area contributed by atoms with E-state index in [2.05, 4.69) is 20.3 Å². The summed E-state index contributed by atoms with van der Waals surface area (Å²) in [6.07, 6.45) is 9.48. The predicted octanol–water partition coefficient (Wildman–Crippen LogP) is 4.04. The molecule has 1 saturated heterocycles.